The van der Waals surface area contributed by atoms with Crippen LogP contribution in [0, 0.1) is 11.3 Å². The van der Waals surface area contributed by atoms with Crippen LogP contribution in [-0.4, -0.2) is 24.5 Å². The third kappa shape index (κ3) is 4.82. The second-order valence-corrected chi connectivity index (χ2v) is 7.53. The number of likely N-dealkylation sites (tertiary alicyclic amines) is 1. The lowest BCUT2D eigenvalue weighted by Crippen LogP contribution is -2.26. The van der Waals surface area contributed by atoms with Crippen molar-refractivity contribution in [1.29, 1.82) is 0 Å². The molecule has 0 amide bonds. The Hall–Kier alpha value is -0.860. The van der Waals surface area contributed by atoms with Gasteiger partial charge in [-0.2, -0.15) is 0 Å². The molecule has 0 radical (unpaired) electrons. The van der Waals surface area contributed by atoms with Crippen LogP contribution in [-0.2, 0) is 13.1 Å². The predicted octanol–water partition coefficient (Wildman–Crippen LogP) is 4.05. The van der Waals surface area contributed by atoms with Crippen LogP contribution in [0.5, 0.6) is 0 Å². The predicted molar refractivity (Wildman–Crippen MR) is 91.3 cm³/mol. The first-order valence-electron chi connectivity index (χ1n) is 8.50. The molecule has 0 aliphatic carbocycles. The van der Waals surface area contributed by atoms with Crippen LogP contribution in [0.2, 0.25) is 0 Å². The van der Waals surface area contributed by atoms with E-state index in [0.717, 1.165) is 25.6 Å². The summed E-state index contributed by atoms with van der Waals surface area (Å²) in [5.74, 6) is 0.836. The fourth-order valence-electron chi connectivity index (χ4n) is 3.21. The first kappa shape index (κ1) is 16.5. The van der Waals surface area contributed by atoms with E-state index in [1.54, 1.807) is 0 Å². The van der Waals surface area contributed by atoms with E-state index in [4.69, 9.17) is 0 Å². The molecule has 1 aliphatic heterocycles. The van der Waals surface area contributed by atoms with Gasteiger partial charge in [0.2, 0.25) is 0 Å². The van der Waals surface area contributed by atoms with Crippen molar-refractivity contribution in [2.45, 2.75) is 53.6 Å². The maximum absolute atomic E-state index is 3.53. The zero-order chi connectivity index (χ0) is 15.3. The molecule has 1 unspecified atom stereocenters. The van der Waals surface area contributed by atoms with Gasteiger partial charge in [0, 0.05) is 19.6 Å². The first-order chi connectivity index (χ1) is 10.0. The summed E-state index contributed by atoms with van der Waals surface area (Å²) in [7, 11) is 0. The average molecular weight is 288 g/mol. The van der Waals surface area contributed by atoms with Crippen LogP contribution < -0.4 is 5.32 Å². The highest BCUT2D eigenvalue weighted by atomic mass is 15.1. The Morgan fingerprint density at radius 2 is 1.90 bits per heavy atom. The lowest BCUT2D eigenvalue weighted by Gasteiger charge is -2.27. The molecular weight excluding hydrogens is 256 g/mol. The van der Waals surface area contributed by atoms with E-state index in [1.165, 1.54) is 37.1 Å². The Bertz CT molecular complexity index is 433. The number of benzene rings is 1. The van der Waals surface area contributed by atoms with Gasteiger partial charge in [-0.3, -0.25) is 4.90 Å². The van der Waals surface area contributed by atoms with Gasteiger partial charge in [-0.1, -0.05) is 52.0 Å². The average Bonchev–Trinajstić information content (AvgIpc) is 2.89. The van der Waals surface area contributed by atoms with E-state index in [-0.39, 0.29) is 0 Å². The molecule has 2 heteroatoms. The van der Waals surface area contributed by atoms with Gasteiger partial charge in [0.25, 0.3) is 0 Å². The Morgan fingerprint density at radius 1 is 1.19 bits per heavy atom. The van der Waals surface area contributed by atoms with E-state index < -0.39 is 0 Å². The Morgan fingerprint density at radius 3 is 2.52 bits per heavy atom. The first-order valence-corrected chi connectivity index (χ1v) is 8.50. The summed E-state index contributed by atoms with van der Waals surface area (Å²) < 4.78 is 0. The molecule has 2 nitrogen and oxygen atoms in total. The standard InChI is InChI=1S/C19H32N2/c1-5-11-20-13-16-8-6-7-9-17(16)14-21-12-10-18(15-21)19(2,3)4/h6-9,18,20H,5,10-15H2,1-4H3. The number of nitrogens with one attached hydrogen (secondary N) is 1. The minimum atomic E-state index is 0.441. The molecule has 1 N–H and O–H groups in total. The molecule has 1 aromatic rings. The van der Waals surface area contributed by atoms with E-state index in [1.807, 2.05) is 0 Å². The van der Waals surface area contributed by atoms with E-state index in [2.05, 4.69) is 62.2 Å². The quantitative estimate of drug-likeness (QED) is 0.794. The smallest absolute Gasteiger partial charge is 0.0237 e. The molecule has 1 aromatic carbocycles. The number of hydrogen-bond acceptors (Lipinski definition) is 2. The highest BCUT2D eigenvalue weighted by Gasteiger charge is 2.31. The second-order valence-electron chi connectivity index (χ2n) is 7.53. The zero-order valence-corrected chi connectivity index (χ0v) is 14.3. The van der Waals surface area contributed by atoms with Gasteiger partial charge in [-0.25, -0.2) is 0 Å². The fourth-order valence-corrected chi connectivity index (χ4v) is 3.21. The minimum absolute atomic E-state index is 0.441. The van der Waals surface area contributed by atoms with Crippen molar-refractivity contribution in [3.05, 3.63) is 35.4 Å². The molecular formula is C19H32N2. The lowest BCUT2D eigenvalue weighted by atomic mass is 9.80. The molecule has 0 spiro atoms. The summed E-state index contributed by atoms with van der Waals surface area (Å²) in [4.78, 5) is 2.63. The molecule has 1 aliphatic rings. The molecule has 118 valence electrons. The minimum Gasteiger partial charge on any atom is -0.313 e. The molecule has 2 rings (SSSR count). The third-order valence-electron chi connectivity index (χ3n) is 4.75. The van der Waals surface area contributed by atoms with Crippen molar-refractivity contribution in [1.82, 2.24) is 10.2 Å². The lowest BCUT2D eigenvalue weighted by molar-refractivity contribution is 0.226. The van der Waals surface area contributed by atoms with Crippen LogP contribution in [0.15, 0.2) is 24.3 Å². The van der Waals surface area contributed by atoms with Crippen LogP contribution in [0.3, 0.4) is 0 Å². The fraction of sp³-hybridized carbons (Fsp3) is 0.684. The van der Waals surface area contributed by atoms with Crippen LogP contribution in [0.25, 0.3) is 0 Å². The number of rotatable bonds is 6. The van der Waals surface area contributed by atoms with Crippen molar-refractivity contribution >= 4 is 0 Å². The highest BCUT2D eigenvalue weighted by molar-refractivity contribution is 5.27. The molecule has 21 heavy (non-hydrogen) atoms. The van der Waals surface area contributed by atoms with Gasteiger partial charge < -0.3 is 5.32 Å². The van der Waals surface area contributed by atoms with Gasteiger partial charge in [0.1, 0.15) is 0 Å². The number of hydrogen-bond donors (Lipinski definition) is 1. The Labute approximate surface area is 130 Å². The van der Waals surface area contributed by atoms with E-state index in [0.29, 0.717) is 5.41 Å². The molecule has 0 saturated carbocycles. The summed E-state index contributed by atoms with van der Waals surface area (Å²) >= 11 is 0. The second kappa shape index (κ2) is 7.42. The summed E-state index contributed by atoms with van der Waals surface area (Å²) in [6.45, 7) is 15.1. The zero-order valence-electron chi connectivity index (χ0n) is 14.3. The Balaban J connectivity index is 1.94. The van der Waals surface area contributed by atoms with Gasteiger partial charge in [-0.15, -0.1) is 0 Å². The summed E-state index contributed by atoms with van der Waals surface area (Å²) in [5.41, 5.74) is 3.40. The highest BCUT2D eigenvalue weighted by Crippen LogP contribution is 2.34. The van der Waals surface area contributed by atoms with Crippen LogP contribution >= 0.6 is 0 Å². The van der Waals surface area contributed by atoms with Gasteiger partial charge in [-0.05, 0) is 48.4 Å². The van der Waals surface area contributed by atoms with Crippen LogP contribution in [0.4, 0.5) is 0 Å². The third-order valence-corrected chi connectivity index (χ3v) is 4.75. The van der Waals surface area contributed by atoms with Crippen molar-refractivity contribution in [3.63, 3.8) is 0 Å². The molecule has 0 aromatic heterocycles. The van der Waals surface area contributed by atoms with E-state index >= 15 is 0 Å². The van der Waals surface area contributed by atoms with Gasteiger partial charge >= 0.3 is 0 Å². The largest absolute Gasteiger partial charge is 0.313 e. The SMILES string of the molecule is CCCNCc1ccccc1CN1CCC(C(C)(C)C)C1. The summed E-state index contributed by atoms with van der Waals surface area (Å²) in [5, 5.41) is 3.53. The topological polar surface area (TPSA) is 15.3 Å². The maximum atomic E-state index is 3.53. The normalized spacial score (nSPS) is 20.1. The molecule has 1 heterocycles. The van der Waals surface area contributed by atoms with Crippen molar-refractivity contribution in [2.75, 3.05) is 19.6 Å². The molecule has 1 fully saturated rings. The monoisotopic (exact) mass is 288 g/mol. The molecule has 1 saturated heterocycles. The van der Waals surface area contributed by atoms with Crippen molar-refractivity contribution in [3.8, 4) is 0 Å². The van der Waals surface area contributed by atoms with Gasteiger partial charge in [0.15, 0.2) is 0 Å². The maximum Gasteiger partial charge on any atom is 0.0237 e. The summed E-state index contributed by atoms with van der Waals surface area (Å²) in [6, 6.07) is 8.91. The number of nitrogens with zero attached hydrogens (tertiary/aromatic N) is 1. The van der Waals surface area contributed by atoms with Crippen molar-refractivity contribution in [2.24, 2.45) is 11.3 Å². The van der Waals surface area contributed by atoms with E-state index in [9.17, 15) is 0 Å². The molecule has 0 bridgehead atoms. The van der Waals surface area contributed by atoms with Crippen molar-refractivity contribution < 1.29 is 0 Å². The van der Waals surface area contributed by atoms with Gasteiger partial charge in [0.05, 0.1) is 0 Å². The van der Waals surface area contributed by atoms with Crippen LogP contribution in [0.1, 0.15) is 51.7 Å². The molecule has 1 atom stereocenters. The Kier molecular flexibility index (Phi) is 5.83. The summed E-state index contributed by atoms with van der Waals surface area (Å²) in [6.07, 6.45) is 2.54.